The molecule has 0 radical (unpaired) electrons. The van der Waals surface area contributed by atoms with E-state index >= 15 is 0 Å². The van der Waals surface area contributed by atoms with Crippen LogP contribution in [0.2, 0.25) is 0 Å². The number of hydrogen-bond acceptors (Lipinski definition) is 3. The summed E-state index contributed by atoms with van der Waals surface area (Å²) in [7, 11) is 3.49. The van der Waals surface area contributed by atoms with Crippen LogP contribution in [0.25, 0.3) is 0 Å². The molecule has 1 saturated carbocycles. The molecule has 0 spiro atoms. The van der Waals surface area contributed by atoms with Crippen molar-refractivity contribution < 1.29 is 14.7 Å². The van der Waals surface area contributed by atoms with E-state index in [-0.39, 0.29) is 24.8 Å². The topological polar surface area (TPSA) is 60.9 Å². The second kappa shape index (κ2) is 8.25. The molecule has 0 saturated heterocycles. The van der Waals surface area contributed by atoms with Crippen LogP contribution < -0.4 is 0 Å². The molecule has 20 heavy (non-hydrogen) atoms. The largest absolute Gasteiger partial charge is 0.393 e. The number of hydrogen-bond donors (Lipinski definition) is 1. The van der Waals surface area contributed by atoms with Crippen molar-refractivity contribution >= 4 is 11.8 Å². The van der Waals surface area contributed by atoms with Gasteiger partial charge in [0.1, 0.15) is 0 Å². The van der Waals surface area contributed by atoms with Gasteiger partial charge in [-0.05, 0) is 26.2 Å². The average Bonchev–Trinajstić information content (AvgIpc) is 2.44. The van der Waals surface area contributed by atoms with Crippen molar-refractivity contribution in [1.29, 1.82) is 0 Å². The van der Waals surface area contributed by atoms with Gasteiger partial charge in [0.05, 0.1) is 12.6 Å². The summed E-state index contributed by atoms with van der Waals surface area (Å²) in [6.07, 6.45) is 6.02. The molecule has 0 aromatic heterocycles. The van der Waals surface area contributed by atoms with E-state index in [2.05, 4.69) is 0 Å². The minimum atomic E-state index is -0.479. The number of rotatable bonds is 6. The Hall–Kier alpha value is -1.10. The monoisotopic (exact) mass is 284 g/mol. The standard InChI is InChI=1S/C15H28N2O3/c1-12(18)9-10-14(19)16(2)11-15(20)17(3)13-7-5-4-6-8-13/h12-13,18H,4-11H2,1-3H3. The van der Waals surface area contributed by atoms with Crippen LogP contribution in [0.4, 0.5) is 0 Å². The van der Waals surface area contributed by atoms with Crippen molar-refractivity contribution in [3.8, 4) is 0 Å². The first-order chi connectivity index (χ1) is 9.41. The summed E-state index contributed by atoms with van der Waals surface area (Å²) in [6, 6.07) is 0.331. The van der Waals surface area contributed by atoms with Crippen molar-refractivity contribution in [2.45, 2.75) is 64.0 Å². The van der Waals surface area contributed by atoms with Crippen LogP contribution in [0.5, 0.6) is 0 Å². The molecular weight excluding hydrogens is 256 g/mol. The lowest BCUT2D eigenvalue weighted by Gasteiger charge is -2.32. The van der Waals surface area contributed by atoms with E-state index in [9.17, 15) is 14.7 Å². The molecule has 0 bridgehead atoms. The third-order valence-corrected chi connectivity index (χ3v) is 4.09. The number of nitrogens with zero attached hydrogens (tertiary/aromatic N) is 2. The lowest BCUT2D eigenvalue weighted by molar-refractivity contribution is -0.140. The molecule has 0 aromatic rings. The molecule has 1 aliphatic rings. The Morgan fingerprint density at radius 3 is 2.30 bits per heavy atom. The summed E-state index contributed by atoms with van der Waals surface area (Å²) < 4.78 is 0. The molecule has 5 nitrogen and oxygen atoms in total. The molecule has 2 amide bonds. The first kappa shape index (κ1) is 17.0. The second-order valence-electron chi connectivity index (χ2n) is 5.93. The third-order valence-electron chi connectivity index (χ3n) is 4.09. The van der Waals surface area contributed by atoms with E-state index in [0.29, 0.717) is 12.5 Å². The normalized spacial score (nSPS) is 17.6. The van der Waals surface area contributed by atoms with Gasteiger partial charge in [-0.15, -0.1) is 0 Å². The van der Waals surface area contributed by atoms with Crippen LogP contribution in [0.1, 0.15) is 51.9 Å². The summed E-state index contributed by atoms with van der Waals surface area (Å²) >= 11 is 0. The fraction of sp³-hybridized carbons (Fsp3) is 0.867. The molecule has 1 atom stereocenters. The van der Waals surface area contributed by atoms with Crippen LogP contribution in [-0.4, -0.2) is 59.5 Å². The molecule has 116 valence electrons. The van der Waals surface area contributed by atoms with Crippen LogP contribution in [0.3, 0.4) is 0 Å². The fourth-order valence-corrected chi connectivity index (χ4v) is 2.60. The predicted octanol–water partition coefficient (Wildman–Crippen LogP) is 1.40. The number of amides is 2. The Morgan fingerprint density at radius 1 is 1.15 bits per heavy atom. The molecule has 0 aliphatic heterocycles. The summed E-state index contributed by atoms with van der Waals surface area (Å²) in [5.74, 6) is -0.0823. The lowest BCUT2D eigenvalue weighted by atomic mass is 9.94. The van der Waals surface area contributed by atoms with Crippen LogP contribution >= 0.6 is 0 Å². The molecule has 1 unspecified atom stereocenters. The second-order valence-corrected chi connectivity index (χ2v) is 5.93. The van der Waals surface area contributed by atoms with Gasteiger partial charge in [-0.1, -0.05) is 19.3 Å². The Morgan fingerprint density at radius 2 is 1.75 bits per heavy atom. The zero-order valence-electron chi connectivity index (χ0n) is 13.0. The van der Waals surface area contributed by atoms with Crippen molar-refractivity contribution in [2.75, 3.05) is 20.6 Å². The summed E-state index contributed by atoms with van der Waals surface area (Å²) in [6.45, 7) is 1.79. The SMILES string of the molecule is CC(O)CCC(=O)N(C)CC(=O)N(C)C1CCCCC1. The van der Waals surface area contributed by atoms with Gasteiger partial charge in [0, 0.05) is 26.6 Å². The number of carbonyl (C=O) groups is 2. The van der Waals surface area contributed by atoms with E-state index < -0.39 is 6.10 Å². The lowest BCUT2D eigenvalue weighted by Crippen LogP contribution is -2.44. The maximum absolute atomic E-state index is 12.2. The number of aliphatic hydroxyl groups is 1. The number of likely N-dealkylation sites (N-methyl/N-ethyl adjacent to an activating group) is 2. The van der Waals surface area contributed by atoms with Gasteiger partial charge in [0.2, 0.25) is 11.8 Å². The Bertz CT molecular complexity index is 325. The highest BCUT2D eigenvalue weighted by Crippen LogP contribution is 2.21. The van der Waals surface area contributed by atoms with Gasteiger partial charge < -0.3 is 14.9 Å². The molecule has 1 N–H and O–H groups in total. The van der Waals surface area contributed by atoms with Crippen LogP contribution in [0, 0.1) is 0 Å². The van der Waals surface area contributed by atoms with Gasteiger partial charge in [-0.3, -0.25) is 9.59 Å². The molecule has 1 rings (SSSR count). The zero-order chi connectivity index (χ0) is 15.1. The fourth-order valence-electron chi connectivity index (χ4n) is 2.60. The minimum absolute atomic E-state index is 0.00444. The van der Waals surface area contributed by atoms with E-state index in [1.807, 2.05) is 7.05 Å². The number of aliphatic hydroxyl groups excluding tert-OH is 1. The molecule has 1 fully saturated rings. The predicted molar refractivity (Wildman–Crippen MR) is 78.2 cm³/mol. The van der Waals surface area contributed by atoms with Gasteiger partial charge >= 0.3 is 0 Å². The smallest absolute Gasteiger partial charge is 0.242 e. The first-order valence-electron chi connectivity index (χ1n) is 7.59. The Labute approximate surface area is 121 Å². The maximum atomic E-state index is 12.2. The van der Waals surface area contributed by atoms with Gasteiger partial charge in [0.15, 0.2) is 0 Å². The molecule has 0 heterocycles. The van der Waals surface area contributed by atoms with Crippen LogP contribution in [-0.2, 0) is 9.59 Å². The Balaban J connectivity index is 2.37. The molecular formula is C15H28N2O3. The summed E-state index contributed by atoms with van der Waals surface area (Å²) in [5.41, 5.74) is 0. The quantitative estimate of drug-likeness (QED) is 0.802. The van der Waals surface area contributed by atoms with Gasteiger partial charge in [0.25, 0.3) is 0 Å². The van der Waals surface area contributed by atoms with Gasteiger partial charge in [-0.2, -0.15) is 0 Å². The highest BCUT2D eigenvalue weighted by molar-refractivity contribution is 5.84. The highest BCUT2D eigenvalue weighted by atomic mass is 16.3. The van der Waals surface area contributed by atoms with Crippen molar-refractivity contribution in [3.63, 3.8) is 0 Å². The molecule has 0 aromatic carbocycles. The van der Waals surface area contributed by atoms with Crippen LogP contribution in [0.15, 0.2) is 0 Å². The van der Waals surface area contributed by atoms with Gasteiger partial charge in [-0.25, -0.2) is 0 Å². The van der Waals surface area contributed by atoms with E-state index in [4.69, 9.17) is 0 Å². The molecule has 1 aliphatic carbocycles. The average molecular weight is 284 g/mol. The van der Waals surface area contributed by atoms with E-state index in [0.717, 1.165) is 12.8 Å². The summed E-state index contributed by atoms with van der Waals surface area (Å²) in [4.78, 5) is 27.3. The first-order valence-corrected chi connectivity index (χ1v) is 7.59. The van der Waals surface area contributed by atoms with Crippen molar-refractivity contribution in [2.24, 2.45) is 0 Å². The van der Waals surface area contributed by atoms with E-state index in [1.165, 1.54) is 24.2 Å². The Kier molecular flexibility index (Phi) is 6.99. The summed E-state index contributed by atoms with van der Waals surface area (Å²) in [5, 5.41) is 9.18. The minimum Gasteiger partial charge on any atom is -0.393 e. The highest BCUT2D eigenvalue weighted by Gasteiger charge is 2.23. The van der Waals surface area contributed by atoms with Crippen molar-refractivity contribution in [1.82, 2.24) is 9.80 Å². The molecule has 5 heteroatoms. The third kappa shape index (κ3) is 5.49. The van der Waals surface area contributed by atoms with Crippen molar-refractivity contribution in [3.05, 3.63) is 0 Å². The zero-order valence-corrected chi connectivity index (χ0v) is 13.0. The van der Waals surface area contributed by atoms with E-state index in [1.54, 1.807) is 18.9 Å². The number of carbonyl (C=O) groups excluding carboxylic acids is 2. The maximum Gasteiger partial charge on any atom is 0.242 e.